The molecule has 1 fully saturated rings. The third-order valence-electron chi connectivity index (χ3n) is 3.23. The fraction of sp³-hybridized carbons (Fsp3) is 0.571. The smallest absolute Gasteiger partial charge is 0.239 e. The summed E-state index contributed by atoms with van der Waals surface area (Å²) < 4.78 is 0. The summed E-state index contributed by atoms with van der Waals surface area (Å²) in [7, 11) is 0. The van der Waals surface area contributed by atoms with Crippen LogP contribution in [-0.2, 0) is 9.59 Å². The van der Waals surface area contributed by atoms with Crippen molar-refractivity contribution in [2.75, 3.05) is 0 Å². The summed E-state index contributed by atoms with van der Waals surface area (Å²) in [6.07, 6.45) is 3.54. The first kappa shape index (κ1) is 15.8. The summed E-state index contributed by atoms with van der Waals surface area (Å²) in [6.45, 7) is 6.41. The molecule has 1 heterocycles. The number of nitrogens with zero attached hydrogens (tertiary/aromatic N) is 2. The van der Waals surface area contributed by atoms with Crippen molar-refractivity contribution in [2.24, 2.45) is 15.6 Å². The molecule has 2 aliphatic rings. The van der Waals surface area contributed by atoms with E-state index >= 15 is 0 Å². The van der Waals surface area contributed by atoms with Crippen molar-refractivity contribution in [2.45, 2.75) is 45.3 Å². The van der Waals surface area contributed by atoms with Crippen LogP contribution in [0, 0.1) is 5.41 Å². The van der Waals surface area contributed by atoms with E-state index in [2.05, 4.69) is 36.3 Å². The summed E-state index contributed by atoms with van der Waals surface area (Å²) in [5, 5.41) is 21.0. The van der Waals surface area contributed by atoms with E-state index in [0.29, 0.717) is 5.17 Å². The lowest BCUT2D eigenvalue weighted by molar-refractivity contribution is -0.305. The maximum atomic E-state index is 11.6. The average Bonchev–Trinajstić information content (AvgIpc) is 2.64. The molecule has 0 aromatic heterocycles. The standard InChI is InChI=1S/C14H19N3O3S/c1-8-4-9(7-14(2,3)6-8)16-17-13-15-12(20)10(21-13)5-11(18)19/h4,10H,5-7H2,1-3H3,(H,18,19)(H,15,17,20)/p-1/b16-9+/t10-/m0/s1. The molecular formula is C14H18N3O3S-. The van der Waals surface area contributed by atoms with E-state index in [-0.39, 0.29) is 17.7 Å². The predicted molar refractivity (Wildman–Crippen MR) is 80.8 cm³/mol. The minimum absolute atomic E-state index is 0.154. The number of rotatable bonds is 3. The molecule has 0 spiro atoms. The third-order valence-corrected chi connectivity index (χ3v) is 4.30. The first-order valence-electron chi connectivity index (χ1n) is 6.74. The minimum atomic E-state index is -1.25. The van der Waals surface area contributed by atoms with Crippen molar-refractivity contribution in [1.82, 2.24) is 5.32 Å². The molecule has 21 heavy (non-hydrogen) atoms. The zero-order valence-electron chi connectivity index (χ0n) is 12.3. The maximum absolute atomic E-state index is 11.6. The lowest BCUT2D eigenvalue weighted by Gasteiger charge is -2.28. The van der Waals surface area contributed by atoms with Gasteiger partial charge in [-0.15, -0.1) is 5.10 Å². The fourth-order valence-electron chi connectivity index (χ4n) is 2.61. The van der Waals surface area contributed by atoms with Crippen LogP contribution in [0.15, 0.2) is 21.9 Å². The Morgan fingerprint density at radius 1 is 1.48 bits per heavy atom. The van der Waals surface area contributed by atoms with Crippen LogP contribution < -0.4 is 10.4 Å². The maximum Gasteiger partial charge on any atom is 0.239 e. The number of carbonyl (C=O) groups excluding carboxylic acids is 2. The Kier molecular flexibility index (Phi) is 4.51. The molecule has 7 heteroatoms. The largest absolute Gasteiger partial charge is 0.550 e. The van der Waals surface area contributed by atoms with E-state index in [9.17, 15) is 14.7 Å². The zero-order valence-corrected chi connectivity index (χ0v) is 13.1. The molecule has 0 unspecified atom stereocenters. The van der Waals surface area contributed by atoms with Gasteiger partial charge in [0.25, 0.3) is 0 Å². The molecule has 1 aliphatic carbocycles. The number of aliphatic carboxylic acids is 1. The number of allylic oxidation sites excluding steroid dienone is 2. The monoisotopic (exact) mass is 308 g/mol. The van der Waals surface area contributed by atoms with Gasteiger partial charge in [-0.25, -0.2) is 0 Å². The van der Waals surface area contributed by atoms with Gasteiger partial charge in [0.2, 0.25) is 5.91 Å². The lowest BCUT2D eigenvalue weighted by atomic mass is 9.77. The van der Waals surface area contributed by atoms with Crippen LogP contribution in [0.1, 0.15) is 40.0 Å². The van der Waals surface area contributed by atoms with E-state index in [4.69, 9.17) is 0 Å². The van der Waals surface area contributed by atoms with Gasteiger partial charge in [-0.2, -0.15) is 5.10 Å². The van der Waals surface area contributed by atoms with Gasteiger partial charge in [-0.3, -0.25) is 4.79 Å². The van der Waals surface area contributed by atoms with Crippen LogP contribution in [0.4, 0.5) is 0 Å². The van der Waals surface area contributed by atoms with Crippen molar-refractivity contribution in [3.05, 3.63) is 11.6 Å². The SMILES string of the molecule is CC1=C/C(=N\N=C2/NC(=O)[C@H](CC(=O)[O-])S2)CC(C)(C)C1. The molecule has 0 radical (unpaired) electrons. The molecule has 1 atom stereocenters. The molecule has 1 N–H and O–H groups in total. The van der Waals surface area contributed by atoms with Crippen molar-refractivity contribution in [3.63, 3.8) is 0 Å². The number of amides is 1. The fourth-order valence-corrected chi connectivity index (χ4v) is 3.51. The van der Waals surface area contributed by atoms with E-state index in [1.165, 1.54) is 5.57 Å². The third kappa shape index (κ3) is 4.42. The Labute approximate surface area is 127 Å². The quantitative estimate of drug-likeness (QED) is 0.782. The van der Waals surface area contributed by atoms with Crippen molar-refractivity contribution >= 4 is 34.5 Å². The van der Waals surface area contributed by atoms with E-state index in [0.717, 1.165) is 30.3 Å². The highest BCUT2D eigenvalue weighted by atomic mass is 32.2. The van der Waals surface area contributed by atoms with Gasteiger partial charge >= 0.3 is 0 Å². The van der Waals surface area contributed by atoms with Gasteiger partial charge in [0, 0.05) is 12.4 Å². The molecule has 0 aromatic rings. The highest BCUT2D eigenvalue weighted by Gasteiger charge is 2.30. The average molecular weight is 308 g/mol. The zero-order chi connectivity index (χ0) is 15.6. The van der Waals surface area contributed by atoms with Crippen molar-refractivity contribution in [3.8, 4) is 0 Å². The molecule has 0 aromatic carbocycles. The van der Waals surface area contributed by atoms with Crippen molar-refractivity contribution < 1.29 is 14.7 Å². The van der Waals surface area contributed by atoms with Crippen LogP contribution in [0.25, 0.3) is 0 Å². The number of hydrogen-bond donors (Lipinski definition) is 1. The van der Waals surface area contributed by atoms with Gasteiger partial charge in [0.1, 0.15) is 0 Å². The Bertz CT molecular complexity index is 564. The highest BCUT2D eigenvalue weighted by molar-refractivity contribution is 8.15. The molecule has 0 saturated carbocycles. The second kappa shape index (κ2) is 6.01. The van der Waals surface area contributed by atoms with Crippen LogP contribution in [0.5, 0.6) is 0 Å². The van der Waals surface area contributed by atoms with Crippen LogP contribution in [0.2, 0.25) is 0 Å². The summed E-state index contributed by atoms with van der Waals surface area (Å²) in [4.78, 5) is 22.1. The van der Waals surface area contributed by atoms with E-state index in [1.807, 2.05) is 6.08 Å². The first-order chi connectivity index (χ1) is 9.75. The molecule has 1 aliphatic heterocycles. The molecule has 114 valence electrons. The van der Waals surface area contributed by atoms with Gasteiger partial charge in [-0.1, -0.05) is 31.2 Å². The Balaban J connectivity index is 2.08. The molecule has 2 rings (SSSR count). The van der Waals surface area contributed by atoms with Crippen molar-refractivity contribution in [1.29, 1.82) is 0 Å². The molecule has 1 amide bonds. The number of nitrogens with one attached hydrogen (secondary N) is 1. The summed E-state index contributed by atoms with van der Waals surface area (Å²) >= 11 is 1.08. The Hall–Kier alpha value is -1.63. The minimum Gasteiger partial charge on any atom is -0.550 e. The first-order valence-corrected chi connectivity index (χ1v) is 7.62. The number of carbonyl (C=O) groups is 2. The molecule has 1 saturated heterocycles. The number of carboxylic acid groups (broad SMARTS) is 1. The number of thioether (sulfide) groups is 1. The van der Waals surface area contributed by atoms with E-state index in [1.54, 1.807) is 0 Å². The Morgan fingerprint density at radius 2 is 2.19 bits per heavy atom. The molecule has 6 nitrogen and oxygen atoms in total. The second-order valence-corrected chi connectivity index (χ2v) is 7.37. The van der Waals surface area contributed by atoms with Crippen LogP contribution in [-0.4, -0.2) is 28.0 Å². The molecule has 0 bridgehead atoms. The predicted octanol–water partition coefficient (Wildman–Crippen LogP) is 0.836. The summed E-state index contributed by atoms with van der Waals surface area (Å²) in [5.41, 5.74) is 2.28. The molecular weight excluding hydrogens is 290 g/mol. The number of hydrogen-bond acceptors (Lipinski definition) is 6. The summed E-state index contributed by atoms with van der Waals surface area (Å²) in [6, 6.07) is 0. The van der Waals surface area contributed by atoms with Gasteiger partial charge in [-0.05, 0) is 31.3 Å². The van der Waals surface area contributed by atoms with Gasteiger partial charge < -0.3 is 15.2 Å². The second-order valence-electron chi connectivity index (χ2n) is 6.18. The van der Waals surface area contributed by atoms with Crippen LogP contribution >= 0.6 is 11.8 Å². The number of carboxylic acids is 1. The lowest BCUT2D eigenvalue weighted by Crippen LogP contribution is -2.31. The Morgan fingerprint density at radius 3 is 2.81 bits per heavy atom. The van der Waals surface area contributed by atoms with Crippen LogP contribution in [0.3, 0.4) is 0 Å². The highest BCUT2D eigenvalue weighted by Crippen LogP contribution is 2.33. The number of amidine groups is 1. The summed E-state index contributed by atoms with van der Waals surface area (Å²) in [5.74, 6) is -1.61. The normalized spacial score (nSPS) is 28.6. The van der Waals surface area contributed by atoms with Gasteiger partial charge in [0.05, 0.1) is 11.0 Å². The topological polar surface area (TPSA) is 94.0 Å². The van der Waals surface area contributed by atoms with E-state index < -0.39 is 11.2 Å². The van der Waals surface area contributed by atoms with Gasteiger partial charge in [0.15, 0.2) is 5.17 Å².